The van der Waals surface area contributed by atoms with Gasteiger partial charge in [-0.25, -0.2) is 18.7 Å². The Labute approximate surface area is 220 Å². The molecule has 0 saturated heterocycles. The molecule has 0 aliphatic rings. The third-order valence-electron chi connectivity index (χ3n) is 5.86. The number of ether oxygens (including phenoxy) is 1. The number of benzene rings is 3. The zero-order valence-corrected chi connectivity index (χ0v) is 21.3. The molecule has 38 heavy (non-hydrogen) atoms. The summed E-state index contributed by atoms with van der Waals surface area (Å²) in [6.45, 7) is 4.37. The number of halogens is 2. The molecule has 1 heterocycles. The lowest BCUT2D eigenvalue weighted by atomic mass is 10.0. The van der Waals surface area contributed by atoms with E-state index in [-0.39, 0.29) is 23.4 Å². The Kier molecular flexibility index (Phi) is 8.73. The lowest BCUT2D eigenvalue weighted by Crippen LogP contribution is -2.13. The zero-order valence-electron chi connectivity index (χ0n) is 21.3. The molecule has 0 atom stereocenters. The molecule has 1 N–H and O–H groups in total. The first kappa shape index (κ1) is 26.9. The smallest absolute Gasteiger partial charge is 0.305 e. The maximum Gasteiger partial charge on any atom is 0.305 e. The molecule has 0 aliphatic heterocycles. The minimum Gasteiger partial charge on any atom is -0.465 e. The van der Waals surface area contributed by atoms with E-state index >= 15 is 0 Å². The Morgan fingerprint density at radius 2 is 1.68 bits per heavy atom. The molecule has 4 rings (SSSR count). The summed E-state index contributed by atoms with van der Waals surface area (Å²) in [6.07, 6.45) is 2.11. The van der Waals surface area contributed by atoms with Crippen LogP contribution in [0.4, 0.5) is 14.5 Å². The average Bonchev–Trinajstić information content (AvgIpc) is 2.91. The predicted molar refractivity (Wildman–Crippen MR) is 143 cm³/mol. The third kappa shape index (κ3) is 6.97. The lowest BCUT2D eigenvalue weighted by Gasteiger charge is -2.12. The van der Waals surface area contributed by atoms with Gasteiger partial charge >= 0.3 is 5.97 Å². The molecule has 0 spiro atoms. The van der Waals surface area contributed by atoms with E-state index in [1.165, 1.54) is 24.3 Å². The Morgan fingerprint density at radius 3 is 2.42 bits per heavy atom. The van der Waals surface area contributed by atoms with E-state index in [0.717, 1.165) is 0 Å². The molecule has 196 valence electrons. The van der Waals surface area contributed by atoms with E-state index in [0.29, 0.717) is 65.8 Å². The molecule has 1 aromatic heterocycles. The van der Waals surface area contributed by atoms with E-state index in [1.54, 1.807) is 42.5 Å². The molecule has 1 amide bonds. The van der Waals surface area contributed by atoms with Crippen molar-refractivity contribution in [2.75, 3.05) is 11.9 Å². The van der Waals surface area contributed by atoms with Crippen LogP contribution in [0.25, 0.3) is 22.3 Å². The molecule has 0 unspecified atom stereocenters. The van der Waals surface area contributed by atoms with Gasteiger partial charge in [0.1, 0.15) is 11.6 Å². The first-order valence-corrected chi connectivity index (χ1v) is 12.6. The zero-order chi connectivity index (χ0) is 27.1. The highest BCUT2D eigenvalue weighted by Gasteiger charge is 2.15. The van der Waals surface area contributed by atoms with Crippen molar-refractivity contribution in [3.05, 3.63) is 89.6 Å². The second kappa shape index (κ2) is 12.4. The number of rotatable bonds is 10. The summed E-state index contributed by atoms with van der Waals surface area (Å²) in [4.78, 5) is 34.3. The fourth-order valence-corrected chi connectivity index (χ4v) is 3.90. The molecule has 4 aromatic rings. The van der Waals surface area contributed by atoms with Crippen molar-refractivity contribution in [3.8, 4) is 11.3 Å². The van der Waals surface area contributed by atoms with Crippen molar-refractivity contribution < 1.29 is 23.1 Å². The molecule has 3 aromatic carbocycles. The number of aromatic nitrogens is 2. The molecular formula is C30H29F2N3O3. The fourth-order valence-electron chi connectivity index (χ4n) is 3.90. The van der Waals surface area contributed by atoms with Gasteiger partial charge < -0.3 is 10.1 Å². The Bertz CT molecular complexity index is 1440. The number of nitrogens with zero attached hydrogens (tertiary/aromatic N) is 2. The van der Waals surface area contributed by atoms with Crippen molar-refractivity contribution in [2.45, 2.75) is 39.5 Å². The normalized spacial score (nSPS) is 11.1. The van der Waals surface area contributed by atoms with Crippen LogP contribution in [-0.2, 0) is 16.0 Å². The van der Waals surface area contributed by atoms with Gasteiger partial charge in [-0.2, -0.15) is 0 Å². The van der Waals surface area contributed by atoms with Crippen molar-refractivity contribution >= 4 is 28.6 Å². The summed E-state index contributed by atoms with van der Waals surface area (Å²) in [7, 11) is 0. The topological polar surface area (TPSA) is 81.2 Å². The number of carbonyl (C=O) groups is 2. The van der Waals surface area contributed by atoms with E-state index in [2.05, 4.69) is 5.32 Å². The third-order valence-corrected chi connectivity index (χ3v) is 5.86. The summed E-state index contributed by atoms with van der Waals surface area (Å²) in [6, 6.07) is 16.9. The second-order valence-electron chi connectivity index (χ2n) is 9.45. The van der Waals surface area contributed by atoms with Crippen LogP contribution in [-0.4, -0.2) is 28.5 Å². The SMILES string of the molecule is CC(C)COC(=O)CCCCc1nc2cc(C(=O)Nc3ccccc3F)ccc2nc1-c1ccc(F)cc1. The van der Waals surface area contributed by atoms with Gasteiger partial charge in [0.15, 0.2) is 0 Å². The number of aryl methyl sites for hydroxylation is 1. The summed E-state index contributed by atoms with van der Waals surface area (Å²) in [5.41, 5.74) is 3.46. The van der Waals surface area contributed by atoms with Gasteiger partial charge in [-0.3, -0.25) is 9.59 Å². The van der Waals surface area contributed by atoms with Crippen LogP contribution in [0.5, 0.6) is 0 Å². The number of hydrogen-bond donors (Lipinski definition) is 1. The van der Waals surface area contributed by atoms with Crippen LogP contribution in [0, 0.1) is 17.6 Å². The van der Waals surface area contributed by atoms with Gasteiger partial charge in [0, 0.05) is 17.5 Å². The van der Waals surface area contributed by atoms with Crippen molar-refractivity contribution in [2.24, 2.45) is 5.92 Å². The summed E-state index contributed by atoms with van der Waals surface area (Å²) in [5.74, 6) is -1.30. The van der Waals surface area contributed by atoms with E-state index < -0.39 is 11.7 Å². The maximum atomic E-state index is 14.0. The highest BCUT2D eigenvalue weighted by atomic mass is 19.1. The minimum absolute atomic E-state index is 0.0861. The van der Waals surface area contributed by atoms with E-state index in [9.17, 15) is 18.4 Å². The molecule has 0 fully saturated rings. The van der Waals surface area contributed by atoms with Gasteiger partial charge in [-0.05, 0) is 79.8 Å². The van der Waals surface area contributed by atoms with Gasteiger partial charge in [-0.15, -0.1) is 0 Å². The number of unbranched alkanes of at least 4 members (excludes halogenated alkanes) is 1. The summed E-state index contributed by atoms with van der Waals surface area (Å²) in [5, 5.41) is 2.58. The lowest BCUT2D eigenvalue weighted by molar-refractivity contribution is -0.144. The number of amides is 1. The molecule has 0 aliphatic carbocycles. The molecule has 0 radical (unpaired) electrons. The van der Waals surface area contributed by atoms with Crippen molar-refractivity contribution in [3.63, 3.8) is 0 Å². The summed E-state index contributed by atoms with van der Waals surface area (Å²) >= 11 is 0. The second-order valence-corrected chi connectivity index (χ2v) is 9.45. The van der Waals surface area contributed by atoms with Gasteiger partial charge in [0.05, 0.1) is 34.7 Å². The Hall–Kier alpha value is -4.20. The number of para-hydroxylation sites is 1. The minimum atomic E-state index is -0.527. The number of anilines is 1. The van der Waals surface area contributed by atoms with E-state index in [1.807, 2.05) is 13.8 Å². The van der Waals surface area contributed by atoms with Crippen molar-refractivity contribution in [1.82, 2.24) is 9.97 Å². The highest BCUT2D eigenvalue weighted by Crippen LogP contribution is 2.26. The highest BCUT2D eigenvalue weighted by molar-refractivity contribution is 6.06. The standard InChI is InChI=1S/C30H29F2N3O3/c1-19(2)18-38-28(36)10-6-5-9-26-29(20-11-14-22(31)15-12-20)34-25-16-13-21(17-27(25)33-26)30(37)35-24-8-4-3-7-23(24)32/h3-4,7-8,11-17,19H,5-6,9-10,18H2,1-2H3,(H,35,37). The number of carbonyl (C=O) groups excluding carboxylic acids is 2. The molecule has 6 nitrogen and oxygen atoms in total. The van der Waals surface area contributed by atoms with Crippen LogP contribution < -0.4 is 5.32 Å². The largest absolute Gasteiger partial charge is 0.465 e. The molecule has 0 saturated carbocycles. The van der Waals surface area contributed by atoms with Gasteiger partial charge in [0.2, 0.25) is 0 Å². The van der Waals surface area contributed by atoms with E-state index in [4.69, 9.17) is 14.7 Å². The van der Waals surface area contributed by atoms with Crippen LogP contribution in [0.1, 0.15) is 49.2 Å². The van der Waals surface area contributed by atoms with Crippen LogP contribution >= 0.6 is 0 Å². The molecular weight excluding hydrogens is 488 g/mol. The number of fused-ring (bicyclic) bond motifs is 1. The van der Waals surface area contributed by atoms with Crippen LogP contribution in [0.15, 0.2) is 66.7 Å². The summed E-state index contributed by atoms with van der Waals surface area (Å²) < 4.78 is 32.8. The van der Waals surface area contributed by atoms with Crippen LogP contribution in [0.3, 0.4) is 0 Å². The first-order chi connectivity index (χ1) is 18.3. The predicted octanol–water partition coefficient (Wildman–Crippen LogP) is 6.74. The van der Waals surface area contributed by atoms with Crippen molar-refractivity contribution in [1.29, 1.82) is 0 Å². The average molecular weight is 518 g/mol. The quantitative estimate of drug-likeness (QED) is 0.186. The fraction of sp³-hybridized carbons (Fsp3) is 0.267. The van der Waals surface area contributed by atoms with Crippen LogP contribution in [0.2, 0.25) is 0 Å². The monoisotopic (exact) mass is 517 g/mol. The number of nitrogens with one attached hydrogen (secondary N) is 1. The molecule has 8 heteroatoms. The Balaban J connectivity index is 1.57. The maximum absolute atomic E-state index is 14.0. The Morgan fingerprint density at radius 1 is 0.921 bits per heavy atom. The van der Waals surface area contributed by atoms with Gasteiger partial charge in [-0.1, -0.05) is 26.0 Å². The van der Waals surface area contributed by atoms with Gasteiger partial charge in [0.25, 0.3) is 5.91 Å². The number of hydrogen-bond acceptors (Lipinski definition) is 5. The first-order valence-electron chi connectivity index (χ1n) is 12.6. The number of esters is 1. The molecule has 0 bridgehead atoms.